The van der Waals surface area contributed by atoms with Crippen LogP contribution in [-0.4, -0.2) is 33.1 Å². The molecule has 2 atom stereocenters. The molecule has 21 heavy (non-hydrogen) atoms. The van der Waals surface area contributed by atoms with Gasteiger partial charge >= 0.3 is 0 Å². The van der Waals surface area contributed by atoms with Crippen LogP contribution in [0.4, 0.5) is 0 Å². The van der Waals surface area contributed by atoms with E-state index >= 15 is 0 Å². The first-order chi connectivity index (χ1) is 10.1. The van der Waals surface area contributed by atoms with E-state index in [2.05, 4.69) is 12.2 Å². The number of methoxy groups -OCH3 is 2. The Morgan fingerprint density at radius 2 is 1.95 bits per heavy atom. The zero-order valence-electron chi connectivity index (χ0n) is 13.1. The summed E-state index contributed by atoms with van der Waals surface area (Å²) in [7, 11) is 3.19. The van der Waals surface area contributed by atoms with Gasteiger partial charge in [0.1, 0.15) is 11.5 Å². The lowest BCUT2D eigenvalue weighted by Gasteiger charge is -2.28. The fourth-order valence-corrected chi connectivity index (χ4v) is 2.91. The highest BCUT2D eigenvalue weighted by Crippen LogP contribution is 2.27. The lowest BCUT2D eigenvalue weighted by Crippen LogP contribution is -2.34. The van der Waals surface area contributed by atoms with Gasteiger partial charge in [0.25, 0.3) is 0 Å². The van der Waals surface area contributed by atoms with Crippen LogP contribution < -0.4 is 14.8 Å². The Balaban J connectivity index is 2.05. The van der Waals surface area contributed by atoms with Gasteiger partial charge in [0.15, 0.2) is 5.78 Å². The first-order valence-corrected chi connectivity index (χ1v) is 7.61. The predicted molar refractivity (Wildman–Crippen MR) is 83.3 cm³/mol. The fourth-order valence-electron chi connectivity index (χ4n) is 2.91. The van der Waals surface area contributed by atoms with E-state index < -0.39 is 0 Å². The largest absolute Gasteiger partial charge is 0.497 e. The summed E-state index contributed by atoms with van der Waals surface area (Å²) in [6.45, 7) is 4.30. The molecule has 0 spiro atoms. The van der Waals surface area contributed by atoms with Crippen LogP contribution in [0.1, 0.15) is 36.5 Å². The van der Waals surface area contributed by atoms with Gasteiger partial charge in [0, 0.05) is 18.1 Å². The number of nitrogens with one attached hydrogen (secondary N) is 1. The van der Waals surface area contributed by atoms with Crippen molar-refractivity contribution in [2.24, 2.45) is 11.8 Å². The van der Waals surface area contributed by atoms with Crippen molar-refractivity contribution in [2.75, 3.05) is 27.3 Å². The molecule has 0 amide bonds. The van der Waals surface area contributed by atoms with Crippen LogP contribution in [0.5, 0.6) is 11.5 Å². The van der Waals surface area contributed by atoms with Crippen LogP contribution in [0, 0.1) is 11.8 Å². The Morgan fingerprint density at radius 3 is 2.48 bits per heavy atom. The number of hydrogen-bond acceptors (Lipinski definition) is 4. The number of piperidine rings is 1. The molecule has 0 saturated carbocycles. The second-order valence-electron chi connectivity index (χ2n) is 5.81. The van der Waals surface area contributed by atoms with E-state index in [0.717, 1.165) is 13.1 Å². The van der Waals surface area contributed by atoms with Gasteiger partial charge in [-0.2, -0.15) is 0 Å². The predicted octanol–water partition coefficient (Wildman–Crippen LogP) is 2.91. The third-order valence-corrected chi connectivity index (χ3v) is 4.32. The van der Waals surface area contributed by atoms with Gasteiger partial charge in [-0.15, -0.1) is 0 Å². The van der Waals surface area contributed by atoms with Crippen molar-refractivity contribution in [3.63, 3.8) is 0 Å². The summed E-state index contributed by atoms with van der Waals surface area (Å²) in [6.07, 6.45) is 2.99. The number of ketones is 1. The van der Waals surface area contributed by atoms with Crippen LogP contribution in [0.3, 0.4) is 0 Å². The molecule has 0 aromatic heterocycles. The highest BCUT2D eigenvalue weighted by Gasteiger charge is 2.23. The van der Waals surface area contributed by atoms with Crippen molar-refractivity contribution >= 4 is 5.78 Å². The van der Waals surface area contributed by atoms with Gasteiger partial charge in [-0.05, 0) is 49.9 Å². The Kier molecular flexibility index (Phi) is 5.62. The summed E-state index contributed by atoms with van der Waals surface area (Å²) in [6, 6.07) is 5.36. The van der Waals surface area contributed by atoms with E-state index in [9.17, 15) is 4.79 Å². The Morgan fingerprint density at radius 1 is 1.29 bits per heavy atom. The minimum Gasteiger partial charge on any atom is -0.497 e. The van der Waals surface area contributed by atoms with E-state index in [4.69, 9.17) is 9.47 Å². The summed E-state index contributed by atoms with van der Waals surface area (Å²) in [5, 5.41) is 3.41. The first kappa shape index (κ1) is 15.8. The molecule has 1 aromatic carbocycles. The fraction of sp³-hybridized carbons (Fsp3) is 0.588. The second-order valence-corrected chi connectivity index (χ2v) is 5.81. The molecule has 1 aliphatic rings. The molecule has 1 heterocycles. The molecule has 1 saturated heterocycles. The summed E-state index contributed by atoms with van der Waals surface area (Å²) in [5.74, 6) is 2.46. The van der Waals surface area contributed by atoms with Crippen molar-refractivity contribution < 1.29 is 14.3 Å². The molecule has 0 bridgehead atoms. The minimum atomic E-state index is 0.158. The summed E-state index contributed by atoms with van der Waals surface area (Å²) >= 11 is 0. The Hall–Kier alpha value is -1.55. The van der Waals surface area contributed by atoms with Gasteiger partial charge < -0.3 is 14.8 Å². The van der Waals surface area contributed by atoms with E-state index in [1.54, 1.807) is 32.4 Å². The number of ether oxygens (including phenoxy) is 2. The molecule has 2 unspecified atom stereocenters. The molecular formula is C17H25NO3. The summed E-state index contributed by atoms with van der Waals surface area (Å²) in [4.78, 5) is 12.5. The van der Waals surface area contributed by atoms with E-state index in [-0.39, 0.29) is 5.78 Å². The maximum atomic E-state index is 12.5. The Labute approximate surface area is 126 Å². The maximum absolute atomic E-state index is 12.5. The molecule has 4 heteroatoms. The number of rotatable bonds is 6. The van der Waals surface area contributed by atoms with Gasteiger partial charge in [-0.3, -0.25) is 4.79 Å². The average Bonchev–Trinajstić information content (AvgIpc) is 2.54. The molecule has 4 nitrogen and oxygen atoms in total. The smallest absolute Gasteiger partial charge is 0.163 e. The zero-order chi connectivity index (χ0) is 15.2. The zero-order valence-corrected chi connectivity index (χ0v) is 13.1. The van der Waals surface area contributed by atoms with Crippen molar-refractivity contribution in [1.82, 2.24) is 5.32 Å². The average molecular weight is 291 g/mol. The normalized spacial score (nSPS) is 19.9. The van der Waals surface area contributed by atoms with Gasteiger partial charge in [0.2, 0.25) is 0 Å². The van der Waals surface area contributed by atoms with Crippen LogP contribution in [0.25, 0.3) is 0 Å². The van der Waals surface area contributed by atoms with Crippen LogP contribution in [0.2, 0.25) is 0 Å². The van der Waals surface area contributed by atoms with Crippen LogP contribution in [0.15, 0.2) is 18.2 Å². The summed E-state index contributed by atoms with van der Waals surface area (Å²) < 4.78 is 10.5. The molecule has 1 aliphatic heterocycles. The SMILES string of the molecule is COc1cc(OC)cc(C(=O)CC(C)C2CCCNC2)c1. The summed E-state index contributed by atoms with van der Waals surface area (Å²) in [5.41, 5.74) is 0.668. The Bertz CT molecular complexity index is 459. The van der Waals surface area contributed by atoms with Crippen molar-refractivity contribution in [3.8, 4) is 11.5 Å². The monoisotopic (exact) mass is 291 g/mol. The molecule has 1 fully saturated rings. The number of benzene rings is 1. The number of Topliss-reactive ketones (excluding diaryl/α,β-unsaturated/α-hetero) is 1. The standard InChI is InChI=1S/C17H25NO3/c1-12(13-5-4-6-18-11-13)7-17(19)14-8-15(20-2)10-16(9-14)21-3/h8-10,12-13,18H,4-7,11H2,1-3H3. The molecule has 1 N–H and O–H groups in total. The van der Waals surface area contributed by atoms with E-state index in [1.165, 1.54) is 12.8 Å². The first-order valence-electron chi connectivity index (χ1n) is 7.61. The van der Waals surface area contributed by atoms with Crippen molar-refractivity contribution in [1.29, 1.82) is 0 Å². The number of carbonyl (C=O) groups is 1. The van der Waals surface area contributed by atoms with E-state index in [1.807, 2.05) is 0 Å². The molecule has 116 valence electrons. The molecule has 2 rings (SSSR count). The molecular weight excluding hydrogens is 266 g/mol. The van der Waals surface area contributed by atoms with E-state index in [0.29, 0.717) is 35.3 Å². The van der Waals surface area contributed by atoms with Crippen molar-refractivity contribution in [2.45, 2.75) is 26.2 Å². The topological polar surface area (TPSA) is 47.6 Å². The molecule has 1 aromatic rings. The lowest BCUT2D eigenvalue weighted by atomic mass is 9.83. The number of carbonyl (C=O) groups excluding carboxylic acids is 1. The highest BCUT2D eigenvalue weighted by atomic mass is 16.5. The van der Waals surface area contributed by atoms with Crippen LogP contribution >= 0.6 is 0 Å². The van der Waals surface area contributed by atoms with Crippen molar-refractivity contribution in [3.05, 3.63) is 23.8 Å². The maximum Gasteiger partial charge on any atom is 0.163 e. The lowest BCUT2D eigenvalue weighted by molar-refractivity contribution is 0.0942. The molecule has 0 radical (unpaired) electrons. The van der Waals surface area contributed by atoms with Gasteiger partial charge in [-0.25, -0.2) is 0 Å². The third kappa shape index (κ3) is 4.21. The molecule has 0 aliphatic carbocycles. The van der Waals surface area contributed by atoms with Gasteiger partial charge in [-0.1, -0.05) is 6.92 Å². The highest BCUT2D eigenvalue weighted by molar-refractivity contribution is 5.97. The van der Waals surface area contributed by atoms with Gasteiger partial charge in [0.05, 0.1) is 14.2 Å². The second kappa shape index (κ2) is 7.46. The third-order valence-electron chi connectivity index (χ3n) is 4.32. The van der Waals surface area contributed by atoms with Crippen LogP contribution in [-0.2, 0) is 0 Å². The quantitative estimate of drug-likeness (QED) is 0.819. The number of hydrogen-bond donors (Lipinski definition) is 1. The minimum absolute atomic E-state index is 0.158.